The van der Waals surface area contributed by atoms with E-state index >= 15 is 0 Å². The van der Waals surface area contributed by atoms with Crippen LogP contribution in [0.25, 0.3) is 0 Å². The van der Waals surface area contributed by atoms with Gasteiger partial charge in [-0.05, 0) is 25.5 Å². The first-order valence-electron chi connectivity index (χ1n) is 9.13. The fourth-order valence-electron chi connectivity index (χ4n) is 3.22. The second kappa shape index (κ2) is 8.49. The summed E-state index contributed by atoms with van der Waals surface area (Å²) >= 11 is 0. The SMILES string of the molecule is CCN1CCN(c2cc([N+](=O)[O-])ccc2OC(CC)(CC)CN)CC1. The van der Waals surface area contributed by atoms with Gasteiger partial charge in [0.25, 0.3) is 5.69 Å². The number of non-ortho nitro benzene ring substituents is 1. The summed E-state index contributed by atoms with van der Waals surface area (Å²) in [6.45, 7) is 11.3. The van der Waals surface area contributed by atoms with E-state index in [0.717, 1.165) is 51.3 Å². The Kier molecular flexibility index (Phi) is 6.61. The summed E-state index contributed by atoms with van der Waals surface area (Å²) in [5.41, 5.74) is 6.42. The molecule has 0 saturated carbocycles. The number of piperazine rings is 1. The third-order valence-electron chi connectivity index (χ3n) is 5.30. The predicted octanol–water partition coefficient (Wildman–Crippen LogP) is 2.63. The molecule has 1 heterocycles. The van der Waals surface area contributed by atoms with Gasteiger partial charge in [-0.3, -0.25) is 10.1 Å². The molecule has 0 unspecified atom stereocenters. The Bertz CT molecular complexity index is 573. The van der Waals surface area contributed by atoms with Crippen LogP contribution >= 0.6 is 0 Å². The van der Waals surface area contributed by atoms with E-state index in [1.54, 1.807) is 12.1 Å². The Hall–Kier alpha value is -1.86. The molecule has 1 aromatic carbocycles. The van der Waals surface area contributed by atoms with Crippen LogP contribution in [0.3, 0.4) is 0 Å². The van der Waals surface area contributed by atoms with Crippen molar-refractivity contribution in [3.8, 4) is 5.75 Å². The molecule has 0 amide bonds. The number of rotatable bonds is 8. The molecule has 7 nitrogen and oxygen atoms in total. The number of nitrogens with two attached hydrogens (primary N) is 1. The van der Waals surface area contributed by atoms with Crippen molar-refractivity contribution in [2.24, 2.45) is 5.73 Å². The van der Waals surface area contributed by atoms with E-state index in [2.05, 4.69) is 30.6 Å². The highest BCUT2D eigenvalue weighted by Crippen LogP contribution is 2.36. The summed E-state index contributed by atoms with van der Waals surface area (Å²) in [4.78, 5) is 15.4. The number of anilines is 1. The lowest BCUT2D eigenvalue weighted by atomic mass is 9.97. The molecule has 1 aliphatic rings. The van der Waals surface area contributed by atoms with E-state index in [9.17, 15) is 10.1 Å². The average molecular weight is 350 g/mol. The van der Waals surface area contributed by atoms with Gasteiger partial charge in [0.15, 0.2) is 0 Å². The number of ether oxygens (including phenoxy) is 1. The molecule has 0 atom stereocenters. The van der Waals surface area contributed by atoms with Crippen LogP contribution in [-0.4, -0.2) is 54.7 Å². The first-order valence-corrected chi connectivity index (χ1v) is 9.13. The first kappa shape index (κ1) is 19.5. The lowest BCUT2D eigenvalue weighted by molar-refractivity contribution is -0.384. The quantitative estimate of drug-likeness (QED) is 0.573. The maximum absolute atomic E-state index is 11.2. The van der Waals surface area contributed by atoms with Crippen LogP contribution in [0.4, 0.5) is 11.4 Å². The summed E-state index contributed by atoms with van der Waals surface area (Å²) in [5, 5.41) is 11.2. The molecule has 7 heteroatoms. The smallest absolute Gasteiger partial charge is 0.271 e. The summed E-state index contributed by atoms with van der Waals surface area (Å²) in [7, 11) is 0. The highest BCUT2D eigenvalue weighted by Gasteiger charge is 2.29. The second-order valence-electron chi connectivity index (χ2n) is 6.53. The summed E-state index contributed by atoms with van der Waals surface area (Å²) < 4.78 is 6.32. The van der Waals surface area contributed by atoms with Crippen molar-refractivity contribution in [1.29, 1.82) is 0 Å². The molecule has 25 heavy (non-hydrogen) atoms. The number of nitrogens with zero attached hydrogens (tertiary/aromatic N) is 3. The molecule has 1 aliphatic heterocycles. The molecule has 140 valence electrons. The average Bonchev–Trinajstić information content (AvgIpc) is 2.66. The third-order valence-corrected chi connectivity index (χ3v) is 5.30. The van der Waals surface area contributed by atoms with Crippen LogP contribution in [0.2, 0.25) is 0 Å². The van der Waals surface area contributed by atoms with Crippen molar-refractivity contribution in [2.45, 2.75) is 39.2 Å². The van der Waals surface area contributed by atoms with Crippen LogP contribution in [-0.2, 0) is 0 Å². The zero-order chi connectivity index (χ0) is 18.4. The van der Waals surface area contributed by atoms with Gasteiger partial charge in [0.05, 0.1) is 10.6 Å². The van der Waals surface area contributed by atoms with Gasteiger partial charge in [-0.25, -0.2) is 0 Å². The van der Waals surface area contributed by atoms with Crippen molar-refractivity contribution in [2.75, 3.05) is 44.2 Å². The van der Waals surface area contributed by atoms with Crippen LogP contribution in [0.15, 0.2) is 18.2 Å². The minimum absolute atomic E-state index is 0.0895. The summed E-state index contributed by atoms with van der Waals surface area (Å²) in [6, 6.07) is 4.85. The molecular formula is C18H30N4O3. The number of nitro benzene ring substituents is 1. The minimum Gasteiger partial charge on any atom is -0.484 e. The molecule has 0 aliphatic carbocycles. The van der Waals surface area contributed by atoms with Crippen molar-refractivity contribution in [3.05, 3.63) is 28.3 Å². The van der Waals surface area contributed by atoms with Gasteiger partial charge < -0.3 is 20.3 Å². The zero-order valence-electron chi connectivity index (χ0n) is 15.5. The van der Waals surface area contributed by atoms with E-state index in [1.165, 1.54) is 6.07 Å². The number of benzene rings is 1. The van der Waals surface area contributed by atoms with Crippen LogP contribution < -0.4 is 15.4 Å². The standard InChI is InChI=1S/C18H30N4O3/c1-4-18(5-2,14-19)25-17-8-7-15(22(23)24)13-16(17)21-11-9-20(6-3)10-12-21/h7-8,13H,4-6,9-12,14,19H2,1-3H3. The van der Waals surface area contributed by atoms with E-state index in [1.807, 2.05) is 0 Å². The van der Waals surface area contributed by atoms with E-state index in [0.29, 0.717) is 12.3 Å². The molecule has 0 bridgehead atoms. The normalized spacial score (nSPS) is 16.1. The third kappa shape index (κ3) is 4.41. The molecule has 1 fully saturated rings. The minimum atomic E-state index is -0.434. The molecule has 2 N–H and O–H groups in total. The van der Waals surface area contributed by atoms with Crippen LogP contribution in [0.5, 0.6) is 5.75 Å². The second-order valence-corrected chi connectivity index (χ2v) is 6.53. The number of hydrogen-bond donors (Lipinski definition) is 1. The Balaban J connectivity index is 2.34. The zero-order valence-corrected chi connectivity index (χ0v) is 15.5. The molecule has 0 spiro atoms. The van der Waals surface area contributed by atoms with Crippen molar-refractivity contribution in [3.63, 3.8) is 0 Å². The molecule has 0 aromatic heterocycles. The van der Waals surface area contributed by atoms with E-state index in [4.69, 9.17) is 10.5 Å². The van der Waals surface area contributed by atoms with Crippen molar-refractivity contribution in [1.82, 2.24) is 4.90 Å². The van der Waals surface area contributed by atoms with Crippen LogP contribution in [0.1, 0.15) is 33.6 Å². The number of likely N-dealkylation sites (N-methyl/N-ethyl adjacent to an activating group) is 1. The van der Waals surface area contributed by atoms with Gasteiger partial charge in [-0.2, -0.15) is 0 Å². The van der Waals surface area contributed by atoms with Gasteiger partial charge in [-0.15, -0.1) is 0 Å². The molecule has 0 radical (unpaired) electrons. The summed E-state index contributed by atoms with van der Waals surface area (Å²) in [6.07, 6.45) is 1.58. The number of hydrogen-bond acceptors (Lipinski definition) is 6. The van der Waals surface area contributed by atoms with Crippen molar-refractivity contribution < 1.29 is 9.66 Å². The Morgan fingerprint density at radius 2 is 1.84 bits per heavy atom. The topological polar surface area (TPSA) is 84.9 Å². The lowest BCUT2D eigenvalue weighted by Crippen LogP contribution is -2.47. The first-order chi connectivity index (χ1) is 12.0. The van der Waals surface area contributed by atoms with E-state index < -0.39 is 5.60 Å². The largest absolute Gasteiger partial charge is 0.484 e. The Morgan fingerprint density at radius 1 is 1.20 bits per heavy atom. The fourth-order valence-corrected chi connectivity index (χ4v) is 3.22. The van der Waals surface area contributed by atoms with Gasteiger partial charge in [0.1, 0.15) is 11.4 Å². The molecular weight excluding hydrogens is 320 g/mol. The maximum atomic E-state index is 11.2. The van der Waals surface area contributed by atoms with Gasteiger partial charge in [0, 0.05) is 44.9 Å². The number of nitro groups is 1. The van der Waals surface area contributed by atoms with Gasteiger partial charge in [-0.1, -0.05) is 20.8 Å². The Morgan fingerprint density at radius 3 is 2.32 bits per heavy atom. The molecule has 1 aromatic rings. The monoisotopic (exact) mass is 350 g/mol. The predicted molar refractivity (Wildman–Crippen MR) is 100 cm³/mol. The Labute approximate surface area is 149 Å². The molecule has 1 saturated heterocycles. The van der Waals surface area contributed by atoms with Crippen molar-refractivity contribution >= 4 is 11.4 Å². The van der Waals surface area contributed by atoms with E-state index in [-0.39, 0.29) is 10.6 Å². The fraction of sp³-hybridized carbons (Fsp3) is 0.667. The van der Waals surface area contributed by atoms with Crippen LogP contribution in [0, 0.1) is 10.1 Å². The maximum Gasteiger partial charge on any atom is 0.271 e. The highest BCUT2D eigenvalue weighted by molar-refractivity contribution is 5.63. The molecule has 2 rings (SSSR count). The lowest BCUT2D eigenvalue weighted by Gasteiger charge is -2.38. The van der Waals surface area contributed by atoms with Gasteiger partial charge in [0.2, 0.25) is 0 Å². The summed E-state index contributed by atoms with van der Waals surface area (Å²) in [5.74, 6) is 0.685. The highest BCUT2D eigenvalue weighted by atomic mass is 16.6. The van der Waals surface area contributed by atoms with Gasteiger partial charge >= 0.3 is 0 Å².